The smallest absolute Gasteiger partial charge is 0.191 e. The molecule has 2 aromatic carbocycles. The zero-order valence-electron chi connectivity index (χ0n) is 13.2. The molecular formula is C18H16N4OS. The fraction of sp³-hybridized carbons (Fsp3) is 0.167. The highest BCUT2D eigenvalue weighted by molar-refractivity contribution is 7.98. The highest BCUT2D eigenvalue weighted by atomic mass is 32.2. The molecule has 0 unspecified atom stereocenters. The van der Waals surface area contributed by atoms with E-state index in [9.17, 15) is 0 Å². The van der Waals surface area contributed by atoms with Crippen LogP contribution in [0.25, 0.3) is 16.6 Å². The maximum atomic E-state index is 9.12. The second-order valence-electron chi connectivity index (χ2n) is 5.57. The van der Waals surface area contributed by atoms with Crippen LogP contribution in [-0.2, 0) is 12.4 Å². The van der Waals surface area contributed by atoms with Gasteiger partial charge in [0.15, 0.2) is 10.8 Å². The Morgan fingerprint density at radius 3 is 2.54 bits per heavy atom. The number of aryl methyl sites for hydroxylation is 1. The van der Waals surface area contributed by atoms with E-state index in [1.54, 1.807) is 11.8 Å². The summed E-state index contributed by atoms with van der Waals surface area (Å²) in [5.74, 6) is 1.52. The molecule has 0 amide bonds. The summed E-state index contributed by atoms with van der Waals surface area (Å²) in [6.07, 6.45) is 0. The maximum Gasteiger partial charge on any atom is 0.191 e. The monoisotopic (exact) mass is 336 g/mol. The Kier molecular flexibility index (Phi) is 3.92. The molecule has 2 aromatic heterocycles. The van der Waals surface area contributed by atoms with Crippen LogP contribution in [0.3, 0.4) is 0 Å². The molecule has 0 saturated carbocycles. The topological polar surface area (TPSA) is 63.3 Å². The average molecular weight is 336 g/mol. The summed E-state index contributed by atoms with van der Waals surface area (Å²) in [5.41, 5.74) is 3.87. The molecule has 120 valence electrons. The summed E-state index contributed by atoms with van der Waals surface area (Å²) < 4.78 is 1.82. The standard InChI is InChI=1S/C18H16N4OS/c1-12-19-17-15-4-2-3-5-16(15)20-18(22(17)21-12)24-11-14-8-6-13(10-23)7-9-14/h2-9,23H,10-11H2,1H3. The number of aliphatic hydroxyl groups is 1. The first-order valence-electron chi connectivity index (χ1n) is 7.68. The van der Waals surface area contributed by atoms with E-state index in [4.69, 9.17) is 10.1 Å². The first-order valence-corrected chi connectivity index (χ1v) is 8.67. The Balaban J connectivity index is 1.71. The van der Waals surface area contributed by atoms with Crippen LogP contribution in [0.15, 0.2) is 53.7 Å². The molecule has 4 rings (SSSR count). The maximum absolute atomic E-state index is 9.12. The number of aliphatic hydroxyl groups excluding tert-OH is 1. The molecular weight excluding hydrogens is 320 g/mol. The van der Waals surface area contributed by atoms with Crippen LogP contribution < -0.4 is 0 Å². The van der Waals surface area contributed by atoms with Gasteiger partial charge < -0.3 is 5.11 Å². The van der Waals surface area contributed by atoms with Gasteiger partial charge in [0.05, 0.1) is 12.1 Å². The molecule has 0 spiro atoms. The average Bonchev–Trinajstić information content (AvgIpc) is 3.02. The van der Waals surface area contributed by atoms with Gasteiger partial charge in [0.25, 0.3) is 0 Å². The molecule has 24 heavy (non-hydrogen) atoms. The molecule has 0 bridgehead atoms. The SMILES string of the molecule is Cc1nc2c3ccccc3nc(SCc3ccc(CO)cc3)n2n1. The van der Waals surface area contributed by atoms with Gasteiger partial charge >= 0.3 is 0 Å². The van der Waals surface area contributed by atoms with Gasteiger partial charge in [0, 0.05) is 11.1 Å². The van der Waals surface area contributed by atoms with E-state index in [2.05, 4.69) is 10.1 Å². The Morgan fingerprint density at radius 1 is 1.00 bits per heavy atom. The van der Waals surface area contributed by atoms with E-state index in [1.165, 1.54) is 5.56 Å². The molecule has 0 aliphatic heterocycles. The van der Waals surface area contributed by atoms with Crippen molar-refractivity contribution in [3.8, 4) is 0 Å². The molecule has 0 aliphatic carbocycles. The van der Waals surface area contributed by atoms with E-state index in [1.807, 2.05) is 60.0 Å². The van der Waals surface area contributed by atoms with Crippen molar-refractivity contribution < 1.29 is 5.11 Å². The minimum absolute atomic E-state index is 0.0680. The lowest BCUT2D eigenvalue weighted by molar-refractivity contribution is 0.282. The Bertz CT molecular complexity index is 1010. The summed E-state index contributed by atoms with van der Waals surface area (Å²) in [7, 11) is 0. The van der Waals surface area contributed by atoms with Crippen LogP contribution in [0.1, 0.15) is 17.0 Å². The predicted octanol–water partition coefficient (Wildman–Crippen LogP) is 3.37. The van der Waals surface area contributed by atoms with Gasteiger partial charge in [-0.3, -0.25) is 0 Å². The molecule has 5 nitrogen and oxygen atoms in total. The van der Waals surface area contributed by atoms with Crippen molar-refractivity contribution in [2.45, 2.75) is 24.4 Å². The molecule has 0 saturated heterocycles. The minimum Gasteiger partial charge on any atom is -0.392 e. The van der Waals surface area contributed by atoms with Gasteiger partial charge in [-0.25, -0.2) is 9.97 Å². The molecule has 0 fully saturated rings. The van der Waals surface area contributed by atoms with Gasteiger partial charge in [0.1, 0.15) is 5.82 Å². The van der Waals surface area contributed by atoms with Crippen molar-refractivity contribution in [1.82, 2.24) is 19.6 Å². The summed E-state index contributed by atoms with van der Waals surface area (Å²) in [4.78, 5) is 9.30. The lowest BCUT2D eigenvalue weighted by Gasteiger charge is -2.06. The number of thioether (sulfide) groups is 1. The van der Waals surface area contributed by atoms with Gasteiger partial charge in [-0.05, 0) is 30.2 Å². The van der Waals surface area contributed by atoms with Crippen molar-refractivity contribution >= 4 is 28.3 Å². The van der Waals surface area contributed by atoms with Crippen LogP contribution in [0.2, 0.25) is 0 Å². The number of para-hydroxylation sites is 1. The van der Waals surface area contributed by atoms with Crippen LogP contribution in [0, 0.1) is 6.92 Å². The molecule has 0 atom stereocenters. The lowest BCUT2D eigenvalue weighted by Crippen LogP contribution is -1.98. The van der Waals surface area contributed by atoms with Gasteiger partial charge in [0.2, 0.25) is 0 Å². The molecule has 0 aliphatic rings. The molecule has 1 N–H and O–H groups in total. The summed E-state index contributed by atoms with van der Waals surface area (Å²) in [6.45, 7) is 1.96. The van der Waals surface area contributed by atoms with Gasteiger partial charge in [-0.15, -0.1) is 5.10 Å². The van der Waals surface area contributed by atoms with Crippen LogP contribution in [-0.4, -0.2) is 24.7 Å². The highest BCUT2D eigenvalue weighted by Crippen LogP contribution is 2.26. The molecule has 2 heterocycles. The van der Waals surface area contributed by atoms with Crippen molar-refractivity contribution in [1.29, 1.82) is 0 Å². The second kappa shape index (κ2) is 6.22. The first kappa shape index (κ1) is 15.1. The number of nitrogens with zero attached hydrogens (tertiary/aromatic N) is 4. The fourth-order valence-electron chi connectivity index (χ4n) is 2.62. The number of hydrogen-bond donors (Lipinski definition) is 1. The van der Waals surface area contributed by atoms with Crippen molar-refractivity contribution in [2.75, 3.05) is 0 Å². The van der Waals surface area contributed by atoms with E-state index in [-0.39, 0.29) is 6.61 Å². The zero-order valence-corrected chi connectivity index (χ0v) is 14.0. The van der Waals surface area contributed by atoms with Crippen LogP contribution in [0.4, 0.5) is 0 Å². The predicted molar refractivity (Wildman–Crippen MR) is 95.0 cm³/mol. The number of aromatic nitrogens is 4. The lowest BCUT2D eigenvalue weighted by atomic mass is 10.2. The number of hydrogen-bond acceptors (Lipinski definition) is 5. The van der Waals surface area contributed by atoms with Crippen LogP contribution >= 0.6 is 11.8 Å². The molecule has 4 aromatic rings. The first-order chi connectivity index (χ1) is 11.7. The number of rotatable bonds is 4. The van der Waals surface area contributed by atoms with E-state index in [0.29, 0.717) is 0 Å². The normalized spacial score (nSPS) is 11.4. The summed E-state index contributed by atoms with van der Waals surface area (Å²) in [5, 5.41) is 15.5. The minimum atomic E-state index is 0.0680. The molecule has 0 radical (unpaired) electrons. The quantitative estimate of drug-likeness (QED) is 0.457. The Labute approximate surface area is 143 Å². The largest absolute Gasteiger partial charge is 0.392 e. The van der Waals surface area contributed by atoms with Gasteiger partial charge in [-0.1, -0.05) is 48.2 Å². The third-order valence-corrected chi connectivity index (χ3v) is 4.83. The van der Waals surface area contributed by atoms with Crippen molar-refractivity contribution in [3.05, 3.63) is 65.5 Å². The zero-order chi connectivity index (χ0) is 16.5. The highest BCUT2D eigenvalue weighted by Gasteiger charge is 2.12. The van der Waals surface area contributed by atoms with E-state index >= 15 is 0 Å². The van der Waals surface area contributed by atoms with Crippen molar-refractivity contribution in [3.63, 3.8) is 0 Å². The van der Waals surface area contributed by atoms with Crippen molar-refractivity contribution in [2.24, 2.45) is 0 Å². The Morgan fingerprint density at radius 2 is 1.75 bits per heavy atom. The van der Waals surface area contributed by atoms with Gasteiger partial charge in [-0.2, -0.15) is 4.52 Å². The number of fused-ring (bicyclic) bond motifs is 3. The fourth-order valence-corrected chi connectivity index (χ4v) is 3.52. The Hall–Kier alpha value is -2.44. The second-order valence-corrected chi connectivity index (χ2v) is 6.51. The third-order valence-electron chi connectivity index (χ3n) is 3.83. The van der Waals surface area contributed by atoms with E-state index < -0.39 is 0 Å². The third kappa shape index (κ3) is 2.74. The summed E-state index contributed by atoms with van der Waals surface area (Å²) in [6, 6.07) is 15.9. The molecule has 6 heteroatoms. The van der Waals surface area contributed by atoms with Crippen LogP contribution in [0.5, 0.6) is 0 Å². The summed E-state index contributed by atoms with van der Waals surface area (Å²) >= 11 is 1.63. The number of benzene rings is 2. The van der Waals surface area contributed by atoms with E-state index in [0.717, 1.165) is 38.8 Å².